The Morgan fingerprint density at radius 1 is 1.26 bits per heavy atom. The van der Waals surface area contributed by atoms with Crippen molar-refractivity contribution < 1.29 is 9.53 Å². The fourth-order valence-corrected chi connectivity index (χ4v) is 3.24. The van der Waals surface area contributed by atoms with Crippen molar-refractivity contribution in [2.75, 3.05) is 38.2 Å². The van der Waals surface area contributed by atoms with Crippen molar-refractivity contribution in [1.82, 2.24) is 5.32 Å². The molecule has 0 radical (unpaired) electrons. The lowest BCUT2D eigenvalue weighted by Gasteiger charge is -2.54. The fraction of sp³-hybridized carbons (Fsp3) is 0.533. The Balaban J connectivity index is 1.76. The molecule has 0 aliphatic carbocycles. The number of methoxy groups -OCH3 is 1. The van der Waals surface area contributed by atoms with Gasteiger partial charge in [0.05, 0.1) is 18.4 Å². The lowest BCUT2D eigenvalue weighted by atomic mass is 9.72. The molecule has 2 saturated heterocycles. The first-order valence-electron chi connectivity index (χ1n) is 6.87. The maximum Gasteiger partial charge on any atom is 0.339 e. The van der Waals surface area contributed by atoms with Crippen LogP contribution in [0.2, 0.25) is 0 Å². The molecule has 2 heterocycles. The van der Waals surface area contributed by atoms with Gasteiger partial charge in [-0.15, -0.1) is 0 Å². The second-order valence-corrected chi connectivity index (χ2v) is 5.61. The zero-order valence-corrected chi connectivity index (χ0v) is 11.3. The van der Waals surface area contributed by atoms with Crippen LogP contribution in [0.15, 0.2) is 24.3 Å². The third-order valence-corrected chi connectivity index (χ3v) is 4.37. The third kappa shape index (κ3) is 2.21. The smallest absolute Gasteiger partial charge is 0.339 e. The van der Waals surface area contributed by atoms with Gasteiger partial charge in [-0.1, -0.05) is 12.1 Å². The molecule has 0 aromatic heterocycles. The number of para-hydroxylation sites is 1. The van der Waals surface area contributed by atoms with E-state index >= 15 is 0 Å². The normalized spacial score (nSPS) is 21.0. The van der Waals surface area contributed by atoms with E-state index in [-0.39, 0.29) is 5.97 Å². The quantitative estimate of drug-likeness (QED) is 0.821. The first-order chi connectivity index (χ1) is 9.24. The van der Waals surface area contributed by atoms with Crippen LogP contribution < -0.4 is 10.2 Å². The maximum atomic E-state index is 11.8. The lowest BCUT2D eigenvalue weighted by Crippen LogP contribution is -2.60. The minimum Gasteiger partial charge on any atom is -0.465 e. The van der Waals surface area contributed by atoms with Crippen molar-refractivity contribution >= 4 is 11.7 Å². The summed E-state index contributed by atoms with van der Waals surface area (Å²) in [5.74, 6) is -0.248. The summed E-state index contributed by atoms with van der Waals surface area (Å²) in [7, 11) is 1.43. The Morgan fingerprint density at radius 3 is 2.63 bits per heavy atom. The van der Waals surface area contributed by atoms with Gasteiger partial charge < -0.3 is 15.0 Å². The molecule has 0 unspecified atom stereocenters. The second kappa shape index (κ2) is 4.85. The number of ether oxygens (including phenoxy) is 1. The van der Waals surface area contributed by atoms with Gasteiger partial charge in [-0.3, -0.25) is 0 Å². The number of carbonyl (C=O) groups excluding carboxylic acids is 1. The number of hydrogen-bond donors (Lipinski definition) is 1. The van der Waals surface area contributed by atoms with Gasteiger partial charge in [-0.25, -0.2) is 4.79 Å². The molecule has 3 rings (SSSR count). The predicted molar refractivity (Wildman–Crippen MR) is 74.5 cm³/mol. The number of nitrogens with zero attached hydrogens (tertiary/aromatic N) is 1. The molecule has 0 bridgehead atoms. The van der Waals surface area contributed by atoms with Crippen molar-refractivity contribution in [3.63, 3.8) is 0 Å². The zero-order chi connectivity index (χ0) is 13.3. The average Bonchev–Trinajstić information content (AvgIpc) is 2.45. The van der Waals surface area contributed by atoms with Crippen molar-refractivity contribution in [2.24, 2.45) is 5.41 Å². The highest BCUT2D eigenvalue weighted by Crippen LogP contribution is 2.42. The van der Waals surface area contributed by atoms with Crippen LogP contribution >= 0.6 is 0 Å². The van der Waals surface area contributed by atoms with Crippen molar-refractivity contribution in [1.29, 1.82) is 0 Å². The highest BCUT2D eigenvalue weighted by atomic mass is 16.5. The number of esters is 1. The summed E-state index contributed by atoms with van der Waals surface area (Å²) in [5.41, 5.74) is 2.15. The molecule has 0 saturated carbocycles. The molecule has 1 N–H and O–H groups in total. The van der Waals surface area contributed by atoms with E-state index in [1.54, 1.807) is 0 Å². The first-order valence-corrected chi connectivity index (χ1v) is 6.87. The van der Waals surface area contributed by atoms with Gasteiger partial charge in [0.25, 0.3) is 0 Å². The standard InChI is InChI=1S/C15H20N2O2/c1-19-14(18)12-4-2-3-5-13(12)17-10-15(11-17)6-8-16-9-7-15/h2-5,16H,6-11H2,1H3. The monoisotopic (exact) mass is 260 g/mol. The first kappa shape index (κ1) is 12.5. The van der Waals surface area contributed by atoms with Crippen LogP contribution in [-0.4, -0.2) is 39.3 Å². The minimum atomic E-state index is -0.248. The van der Waals surface area contributed by atoms with E-state index in [2.05, 4.69) is 10.2 Å². The number of benzene rings is 1. The van der Waals surface area contributed by atoms with Gasteiger partial charge in [0, 0.05) is 18.5 Å². The number of carbonyl (C=O) groups is 1. The van der Waals surface area contributed by atoms with Gasteiger partial charge in [-0.2, -0.15) is 0 Å². The summed E-state index contributed by atoms with van der Waals surface area (Å²) in [6, 6.07) is 7.72. The molecular formula is C15H20N2O2. The van der Waals surface area contributed by atoms with Crippen LogP contribution in [-0.2, 0) is 4.74 Å². The predicted octanol–water partition coefficient (Wildman–Crippen LogP) is 1.66. The van der Waals surface area contributed by atoms with E-state index in [9.17, 15) is 4.79 Å². The van der Waals surface area contributed by atoms with E-state index in [0.717, 1.165) is 31.9 Å². The van der Waals surface area contributed by atoms with Crippen LogP contribution in [0, 0.1) is 5.41 Å². The van der Waals surface area contributed by atoms with Gasteiger partial charge in [0.2, 0.25) is 0 Å². The van der Waals surface area contributed by atoms with Gasteiger partial charge in [0.1, 0.15) is 0 Å². The molecule has 2 fully saturated rings. The Bertz CT molecular complexity index is 473. The van der Waals surface area contributed by atoms with E-state index in [1.807, 2.05) is 24.3 Å². The van der Waals surface area contributed by atoms with Crippen molar-refractivity contribution in [3.05, 3.63) is 29.8 Å². The Morgan fingerprint density at radius 2 is 1.95 bits per heavy atom. The molecule has 4 nitrogen and oxygen atoms in total. The number of nitrogens with one attached hydrogen (secondary N) is 1. The molecule has 19 heavy (non-hydrogen) atoms. The highest BCUT2D eigenvalue weighted by Gasteiger charge is 2.44. The molecule has 1 aromatic carbocycles. The lowest BCUT2D eigenvalue weighted by molar-refractivity contribution is 0.0599. The van der Waals surface area contributed by atoms with Crippen LogP contribution in [0.1, 0.15) is 23.2 Å². The van der Waals surface area contributed by atoms with Gasteiger partial charge in [-0.05, 0) is 38.1 Å². The van der Waals surface area contributed by atoms with Crippen molar-refractivity contribution in [3.8, 4) is 0 Å². The average molecular weight is 260 g/mol. The molecule has 1 aromatic rings. The van der Waals surface area contributed by atoms with E-state index in [1.165, 1.54) is 20.0 Å². The van der Waals surface area contributed by atoms with E-state index in [4.69, 9.17) is 4.74 Å². The number of piperidine rings is 1. The Kier molecular flexibility index (Phi) is 3.19. The number of anilines is 1. The Hall–Kier alpha value is -1.55. The van der Waals surface area contributed by atoms with Crippen LogP contribution in [0.5, 0.6) is 0 Å². The highest BCUT2D eigenvalue weighted by molar-refractivity contribution is 5.96. The molecule has 1 spiro atoms. The van der Waals surface area contributed by atoms with Crippen LogP contribution in [0.25, 0.3) is 0 Å². The Labute approximate surface area is 113 Å². The summed E-state index contributed by atoms with van der Waals surface area (Å²) in [6.45, 7) is 4.35. The summed E-state index contributed by atoms with van der Waals surface area (Å²) in [4.78, 5) is 14.1. The molecule has 2 aliphatic heterocycles. The van der Waals surface area contributed by atoms with Crippen LogP contribution in [0.3, 0.4) is 0 Å². The largest absolute Gasteiger partial charge is 0.465 e. The van der Waals surface area contributed by atoms with Crippen LogP contribution in [0.4, 0.5) is 5.69 Å². The van der Waals surface area contributed by atoms with Crippen molar-refractivity contribution in [2.45, 2.75) is 12.8 Å². The number of rotatable bonds is 2. The van der Waals surface area contributed by atoms with E-state index in [0.29, 0.717) is 11.0 Å². The molecule has 0 atom stereocenters. The molecule has 102 valence electrons. The summed E-state index contributed by atoms with van der Waals surface area (Å²) in [6.07, 6.45) is 2.48. The molecule has 2 aliphatic rings. The summed E-state index contributed by atoms with van der Waals surface area (Å²) < 4.78 is 4.86. The summed E-state index contributed by atoms with van der Waals surface area (Å²) >= 11 is 0. The summed E-state index contributed by atoms with van der Waals surface area (Å²) in [5, 5.41) is 3.41. The minimum absolute atomic E-state index is 0.248. The SMILES string of the molecule is COC(=O)c1ccccc1N1CC2(CCNCC2)C1. The zero-order valence-electron chi connectivity index (χ0n) is 11.3. The fourth-order valence-electron chi connectivity index (χ4n) is 3.24. The topological polar surface area (TPSA) is 41.6 Å². The second-order valence-electron chi connectivity index (χ2n) is 5.61. The third-order valence-electron chi connectivity index (χ3n) is 4.37. The number of hydrogen-bond acceptors (Lipinski definition) is 4. The molecular weight excluding hydrogens is 240 g/mol. The van der Waals surface area contributed by atoms with Gasteiger partial charge in [0.15, 0.2) is 0 Å². The molecule has 4 heteroatoms. The van der Waals surface area contributed by atoms with E-state index < -0.39 is 0 Å². The van der Waals surface area contributed by atoms with Gasteiger partial charge >= 0.3 is 5.97 Å². The molecule has 0 amide bonds. The maximum absolute atomic E-state index is 11.8.